The van der Waals surface area contributed by atoms with Gasteiger partial charge in [0.15, 0.2) is 11.2 Å². The number of rotatable bonds is 5. The van der Waals surface area contributed by atoms with Crippen molar-refractivity contribution in [1.29, 1.82) is 0 Å². The maximum absolute atomic E-state index is 13.7. The predicted molar refractivity (Wildman–Crippen MR) is 129 cm³/mol. The van der Waals surface area contributed by atoms with E-state index >= 15 is 0 Å². The molecule has 0 saturated carbocycles. The third kappa shape index (κ3) is 3.99. The minimum Gasteiger partial charge on any atom is -0.468 e. The zero-order chi connectivity index (χ0) is 24.1. The van der Waals surface area contributed by atoms with Crippen LogP contribution in [-0.4, -0.2) is 31.9 Å². The average molecular weight is 456 g/mol. The van der Waals surface area contributed by atoms with Gasteiger partial charge in [-0.2, -0.15) is 0 Å². The number of carbonyl (C=O) groups excluding carboxylic acids is 3. The molecule has 0 aromatic heterocycles. The molecule has 0 amide bonds. The number of para-hydroxylation sites is 1. The van der Waals surface area contributed by atoms with Gasteiger partial charge in [-0.15, -0.1) is 0 Å². The first-order valence-electron chi connectivity index (χ1n) is 10.9. The fourth-order valence-electron chi connectivity index (χ4n) is 4.55. The predicted octanol–water partition coefficient (Wildman–Crippen LogP) is 4.58. The number of esters is 2. The minimum absolute atomic E-state index is 0.365. The molecule has 4 rings (SSSR count). The van der Waals surface area contributed by atoms with Crippen molar-refractivity contribution >= 4 is 29.5 Å². The van der Waals surface area contributed by atoms with Gasteiger partial charge in [0, 0.05) is 12.1 Å². The van der Waals surface area contributed by atoms with Crippen LogP contribution in [0.4, 0.5) is 5.69 Å². The molecule has 1 unspecified atom stereocenters. The summed E-state index contributed by atoms with van der Waals surface area (Å²) in [5, 5.41) is 0. The van der Waals surface area contributed by atoms with Crippen molar-refractivity contribution in [3.63, 3.8) is 0 Å². The number of nitrogens with zero attached hydrogens (tertiary/aromatic N) is 1. The smallest absolute Gasteiger partial charge is 0.326 e. The van der Waals surface area contributed by atoms with Gasteiger partial charge in [-0.05, 0) is 29.3 Å². The number of anilines is 1. The third-order valence-corrected chi connectivity index (χ3v) is 6.06. The first-order chi connectivity index (χ1) is 16.5. The summed E-state index contributed by atoms with van der Waals surface area (Å²) in [6.07, 6.45) is 1.40. The second-order valence-electron chi connectivity index (χ2n) is 8.01. The van der Waals surface area contributed by atoms with E-state index in [2.05, 4.69) is 0 Å². The second kappa shape index (κ2) is 9.75. The summed E-state index contributed by atoms with van der Waals surface area (Å²) in [6, 6.07) is 27.0. The van der Waals surface area contributed by atoms with Crippen molar-refractivity contribution in [2.45, 2.75) is 12.5 Å². The molecule has 1 aliphatic heterocycles. The number of piperidine rings is 1. The van der Waals surface area contributed by atoms with Crippen molar-refractivity contribution in [3.05, 3.63) is 108 Å². The molecule has 3 aromatic rings. The summed E-state index contributed by atoms with van der Waals surface area (Å²) in [7, 11) is 2.42. The monoisotopic (exact) mass is 455 g/mol. The van der Waals surface area contributed by atoms with Gasteiger partial charge >= 0.3 is 11.9 Å². The van der Waals surface area contributed by atoms with Gasteiger partial charge in [-0.3, -0.25) is 14.4 Å². The summed E-state index contributed by atoms with van der Waals surface area (Å²) in [5.41, 5.74) is 0.625. The Hall–Kier alpha value is -4.19. The maximum Gasteiger partial charge on any atom is 0.326 e. The van der Waals surface area contributed by atoms with Gasteiger partial charge in [0.25, 0.3) is 0 Å². The summed E-state index contributed by atoms with van der Waals surface area (Å²) >= 11 is 0. The Morgan fingerprint density at radius 1 is 0.824 bits per heavy atom. The Kier molecular flexibility index (Phi) is 6.59. The molecule has 1 atom stereocenters. The largest absolute Gasteiger partial charge is 0.468 e. The standard InChI is InChI=1S/C28H25NO5/c1-33-26(31)28(27(32)34-2)19-24(30)23(18-20-12-6-3-7-13-20)29(22-16-10-5-11-17-22)25(28)21-14-8-4-9-15-21/h3-18,25H,19H2,1-2H3/b23-18+. The van der Waals surface area contributed by atoms with Gasteiger partial charge in [-0.25, -0.2) is 0 Å². The molecule has 0 spiro atoms. The summed E-state index contributed by atoms with van der Waals surface area (Å²) < 4.78 is 10.2. The molecule has 1 saturated heterocycles. The zero-order valence-electron chi connectivity index (χ0n) is 19.0. The molecule has 0 N–H and O–H groups in total. The highest BCUT2D eigenvalue weighted by atomic mass is 16.5. The first-order valence-corrected chi connectivity index (χ1v) is 10.9. The van der Waals surface area contributed by atoms with E-state index in [0.717, 1.165) is 5.56 Å². The van der Waals surface area contributed by atoms with Crippen LogP contribution in [0.5, 0.6) is 0 Å². The molecule has 172 valence electrons. The number of ketones is 1. The Morgan fingerprint density at radius 3 is 1.85 bits per heavy atom. The number of methoxy groups -OCH3 is 2. The van der Waals surface area contributed by atoms with Crippen molar-refractivity contribution in [2.24, 2.45) is 5.41 Å². The molecule has 1 aliphatic rings. The quantitative estimate of drug-likeness (QED) is 0.319. The molecule has 34 heavy (non-hydrogen) atoms. The van der Waals surface area contributed by atoms with Crippen LogP contribution in [0.25, 0.3) is 6.08 Å². The van der Waals surface area contributed by atoms with Crippen molar-refractivity contribution in [3.8, 4) is 0 Å². The lowest BCUT2D eigenvalue weighted by atomic mass is 9.68. The Morgan fingerprint density at radius 2 is 1.32 bits per heavy atom. The van der Waals surface area contributed by atoms with Crippen LogP contribution in [0.2, 0.25) is 0 Å². The van der Waals surface area contributed by atoms with Crippen LogP contribution in [-0.2, 0) is 23.9 Å². The molecule has 1 fully saturated rings. The van der Waals surface area contributed by atoms with E-state index in [1.54, 1.807) is 11.0 Å². The highest BCUT2D eigenvalue weighted by Crippen LogP contribution is 2.51. The number of hydrogen-bond acceptors (Lipinski definition) is 6. The summed E-state index contributed by atoms with van der Waals surface area (Å²) in [4.78, 5) is 42.1. The summed E-state index contributed by atoms with van der Waals surface area (Å²) in [5.74, 6) is -2.00. The van der Waals surface area contributed by atoms with Crippen molar-refractivity contribution in [1.82, 2.24) is 0 Å². The van der Waals surface area contributed by atoms with Gasteiger partial charge in [0.2, 0.25) is 0 Å². The van der Waals surface area contributed by atoms with E-state index in [0.29, 0.717) is 16.9 Å². The van der Waals surface area contributed by atoms with E-state index < -0.39 is 23.4 Å². The van der Waals surface area contributed by atoms with Gasteiger partial charge in [0.1, 0.15) is 0 Å². The zero-order valence-corrected chi connectivity index (χ0v) is 19.0. The van der Waals surface area contributed by atoms with Crippen LogP contribution in [0.1, 0.15) is 23.6 Å². The fraction of sp³-hybridized carbons (Fsp3) is 0.179. The number of benzene rings is 3. The van der Waals surface area contributed by atoms with Crippen LogP contribution in [0, 0.1) is 5.41 Å². The number of allylic oxidation sites excluding steroid dienone is 1. The van der Waals surface area contributed by atoms with E-state index in [9.17, 15) is 14.4 Å². The fourth-order valence-corrected chi connectivity index (χ4v) is 4.55. The third-order valence-electron chi connectivity index (χ3n) is 6.06. The van der Waals surface area contributed by atoms with E-state index in [4.69, 9.17) is 9.47 Å². The van der Waals surface area contributed by atoms with Crippen LogP contribution in [0.15, 0.2) is 96.7 Å². The molecule has 0 aliphatic carbocycles. The highest BCUT2D eigenvalue weighted by molar-refractivity contribution is 6.13. The SMILES string of the molecule is COC(=O)C1(C(=O)OC)CC(=O)/C(=C\c2ccccc2)N(c2ccccc2)C1c1ccccc1. The Labute approximate surface area is 198 Å². The number of Topliss-reactive ketones (excluding diaryl/α,β-unsaturated/α-hetero) is 1. The maximum atomic E-state index is 13.7. The molecule has 0 radical (unpaired) electrons. The molecule has 6 nitrogen and oxygen atoms in total. The highest BCUT2D eigenvalue weighted by Gasteiger charge is 2.62. The number of carbonyl (C=O) groups is 3. The normalized spacial score (nSPS) is 18.4. The lowest BCUT2D eigenvalue weighted by molar-refractivity contribution is -0.174. The van der Waals surface area contributed by atoms with Gasteiger partial charge < -0.3 is 14.4 Å². The van der Waals surface area contributed by atoms with Gasteiger partial charge in [-0.1, -0.05) is 78.9 Å². The van der Waals surface area contributed by atoms with Crippen LogP contribution >= 0.6 is 0 Å². The first kappa shape index (κ1) is 23.0. The van der Waals surface area contributed by atoms with Crippen molar-refractivity contribution < 1.29 is 23.9 Å². The van der Waals surface area contributed by atoms with E-state index in [-0.39, 0.29) is 12.2 Å². The second-order valence-corrected chi connectivity index (χ2v) is 8.01. The van der Waals surface area contributed by atoms with Crippen molar-refractivity contribution in [2.75, 3.05) is 19.1 Å². The molecular formula is C28H25NO5. The molecule has 3 aromatic carbocycles. The lowest BCUT2D eigenvalue weighted by Gasteiger charge is -2.47. The Bertz CT molecular complexity index is 1190. The Balaban J connectivity index is 2.05. The number of hydrogen-bond donors (Lipinski definition) is 0. The van der Waals surface area contributed by atoms with E-state index in [1.807, 2.05) is 91.0 Å². The van der Waals surface area contributed by atoms with Gasteiger partial charge in [0.05, 0.1) is 26.0 Å². The van der Waals surface area contributed by atoms with Crippen LogP contribution in [0.3, 0.4) is 0 Å². The molecule has 0 bridgehead atoms. The van der Waals surface area contributed by atoms with E-state index in [1.165, 1.54) is 14.2 Å². The number of ether oxygens (including phenoxy) is 2. The lowest BCUT2D eigenvalue weighted by Crippen LogP contribution is -2.57. The molecule has 1 heterocycles. The summed E-state index contributed by atoms with van der Waals surface area (Å²) in [6.45, 7) is 0. The molecule has 6 heteroatoms. The van der Waals surface area contributed by atoms with Crippen LogP contribution < -0.4 is 4.90 Å². The average Bonchev–Trinajstić information content (AvgIpc) is 2.90. The topological polar surface area (TPSA) is 72.9 Å². The molecular weight excluding hydrogens is 430 g/mol. The minimum atomic E-state index is -1.90.